The molecule has 0 amide bonds. The molecule has 1 heterocycles. The molecule has 1 fully saturated rings. The van der Waals surface area contributed by atoms with Gasteiger partial charge in [-0.15, -0.1) is 0 Å². The SMILES string of the molecule is N#Cc1cnn(C2CCC(F)CC2)c1. The van der Waals surface area contributed by atoms with Gasteiger partial charge < -0.3 is 0 Å². The second-order valence-electron chi connectivity index (χ2n) is 3.73. The van der Waals surface area contributed by atoms with E-state index in [1.807, 2.05) is 6.07 Å². The number of aromatic nitrogens is 2. The van der Waals surface area contributed by atoms with Gasteiger partial charge in [0.05, 0.1) is 17.8 Å². The predicted octanol–water partition coefficient (Wildman–Crippen LogP) is 2.21. The second-order valence-corrected chi connectivity index (χ2v) is 3.73. The van der Waals surface area contributed by atoms with Gasteiger partial charge in [-0.1, -0.05) is 0 Å². The minimum Gasteiger partial charge on any atom is -0.268 e. The summed E-state index contributed by atoms with van der Waals surface area (Å²) in [4.78, 5) is 0. The molecule has 0 unspecified atom stereocenters. The Morgan fingerprint density at radius 3 is 2.71 bits per heavy atom. The average Bonchev–Trinajstić information content (AvgIpc) is 2.67. The van der Waals surface area contributed by atoms with E-state index in [2.05, 4.69) is 5.10 Å². The highest BCUT2D eigenvalue weighted by atomic mass is 19.1. The minimum atomic E-state index is -0.641. The Kier molecular flexibility index (Phi) is 2.49. The van der Waals surface area contributed by atoms with Gasteiger partial charge in [-0.3, -0.25) is 4.68 Å². The highest BCUT2D eigenvalue weighted by Crippen LogP contribution is 2.29. The van der Waals surface area contributed by atoms with Crippen LogP contribution in [0.15, 0.2) is 12.4 Å². The third-order valence-electron chi connectivity index (χ3n) is 2.73. The first-order chi connectivity index (χ1) is 6.79. The lowest BCUT2D eigenvalue weighted by molar-refractivity contribution is 0.202. The molecule has 0 aliphatic heterocycles. The standard InChI is InChI=1S/C10H12FN3/c11-9-1-3-10(4-2-9)14-7-8(5-12)6-13-14/h6-7,9-10H,1-4H2. The summed E-state index contributed by atoms with van der Waals surface area (Å²) < 4.78 is 14.7. The number of hydrogen-bond donors (Lipinski definition) is 0. The van der Waals surface area contributed by atoms with Crippen molar-refractivity contribution < 1.29 is 4.39 Å². The highest BCUT2D eigenvalue weighted by molar-refractivity contribution is 5.21. The van der Waals surface area contributed by atoms with Crippen LogP contribution >= 0.6 is 0 Å². The number of alkyl halides is 1. The van der Waals surface area contributed by atoms with Gasteiger partial charge in [0.1, 0.15) is 12.2 Å². The summed E-state index contributed by atoms with van der Waals surface area (Å²) in [5.41, 5.74) is 0.576. The summed E-state index contributed by atoms with van der Waals surface area (Å²) in [7, 11) is 0. The van der Waals surface area contributed by atoms with E-state index >= 15 is 0 Å². The molecule has 1 aliphatic carbocycles. The number of nitriles is 1. The minimum absolute atomic E-state index is 0.282. The van der Waals surface area contributed by atoms with Crippen molar-refractivity contribution in [2.45, 2.75) is 37.9 Å². The summed E-state index contributed by atoms with van der Waals surface area (Å²) in [5, 5.41) is 12.7. The number of nitrogens with zero attached hydrogens (tertiary/aromatic N) is 3. The fraction of sp³-hybridized carbons (Fsp3) is 0.600. The summed E-state index contributed by atoms with van der Waals surface area (Å²) in [6.45, 7) is 0. The van der Waals surface area contributed by atoms with Crippen LogP contribution in [0.1, 0.15) is 37.3 Å². The first-order valence-electron chi connectivity index (χ1n) is 4.88. The molecule has 1 aliphatic rings. The molecule has 14 heavy (non-hydrogen) atoms. The molecule has 4 heteroatoms. The van der Waals surface area contributed by atoms with E-state index in [1.165, 1.54) is 0 Å². The first kappa shape index (κ1) is 9.20. The van der Waals surface area contributed by atoms with Crippen LogP contribution in [0.5, 0.6) is 0 Å². The van der Waals surface area contributed by atoms with Crippen molar-refractivity contribution in [3.8, 4) is 6.07 Å². The lowest BCUT2D eigenvalue weighted by Crippen LogP contribution is -2.18. The fourth-order valence-corrected chi connectivity index (χ4v) is 1.90. The molecule has 1 aromatic heterocycles. The Morgan fingerprint density at radius 1 is 1.43 bits per heavy atom. The Bertz CT molecular complexity index is 344. The lowest BCUT2D eigenvalue weighted by atomic mass is 9.94. The van der Waals surface area contributed by atoms with Crippen molar-refractivity contribution in [3.05, 3.63) is 18.0 Å². The molecule has 0 bridgehead atoms. The van der Waals surface area contributed by atoms with E-state index in [0.29, 0.717) is 18.4 Å². The van der Waals surface area contributed by atoms with Crippen LogP contribution < -0.4 is 0 Å². The Hall–Kier alpha value is -1.37. The zero-order valence-electron chi connectivity index (χ0n) is 7.86. The van der Waals surface area contributed by atoms with Gasteiger partial charge in [0.25, 0.3) is 0 Å². The summed E-state index contributed by atoms with van der Waals surface area (Å²) in [6, 6.07) is 2.32. The molecule has 2 rings (SSSR count). The largest absolute Gasteiger partial charge is 0.268 e. The van der Waals surface area contributed by atoms with Crippen LogP contribution in [0.25, 0.3) is 0 Å². The molecule has 3 nitrogen and oxygen atoms in total. The molecular formula is C10H12FN3. The van der Waals surface area contributed by atoms with Crippen molar-refractivity contribution in [3.63, 3.8) is 0 Å². The molecule has 0 saturated heterocycles. The molecule has 0 radical (unpaired) electrons. The maximum absolute atomic E-state index is 12.9. The van der Waals surface area contributed by atoms with Gasteiger partial charge in [-0.25, -0.2) is 4.39 Å². The average molecular weight is 193 g/mol. The maximum atomic E-state index is 12.9. The highest BCUT2D eigenvalue weighted by Gasteiger charge is 2.22. The lowest BCUT2D eigenvalue weighted by Gasteiger charge is -2.24. The first-order valence-corrected chi connectivity index (χ1v) is 4.88. The molecule has 0 atom stereocenters. The van der Waals surface area contributed by atoms with Crippen LogP contribution in [0.4, 0.5) is 4.39 Å². The van der Waals surface area contributed by atoms with Crippen LogP contribution in [-0.4, -0.2) is 16.0 Å². The van der Waals surface area contributed by atoms with E-state index in [1.54, 1.807) is 17.1 Å². The zero-order chi connectivity index (χ0) is 9.97. The molecule has 1 aromatic rings. The normalized spacial score (nSPS) is 27.1. The van der Waals surface area contributed by atoms with Gasteiger partial charge >= 0.3 is 0 Å². The number of hydrogen-bond acceptors (Lipinski definition) is 2. The van der Waals surface area contributed by atoms with Crippen molar-refractivity contribution in [1.82, 2.24) is 9.78 Å². The summed E-state index contributed by atoms with van der Waals surface area (Å²) in [6.07, 6.45) is 5.54. The van der Waals surface area contributed by atoms with E-state index in [0.717, 1.165) is 12.8 Å². The molecule has 1 saturated carbocycles. The van der Waals surface area contributed by atoms with Crippen LogP contribution in [0.3, 0.4) is 0 Å². The van der Waals surface area contributed by atoms with E-state index in [-0.39, 0.29) is 6.04 Å². The Balaban J connectivity index is 2.05. The molecule has 0 spiro atoms. The smallest absolute Gasteiger partial charge is 0.102 e. The van der Waals surface area contributed by atoms with Gasteiger partial charge in [0, 0.05) is 6.20 Å². The second kappa shape index (κ2) is 3.79. The van der Waals surface area contributed by atoms with Crippen molar-refractivity contribution in [1.29, 1.82) is 5.26 Å². The Morgan fingerprint density at radius 2 is 2.14 bits per heavy atom. The third kappa shape index (κ3) is 1.77. The molecule has 0 N–H and O–H groups in total. The van der Waals surface area contributed by atoms with E-state index in [4.69, 9.17) is 5.26 Å². The summed E-state index contributed by atoms with van der Waals surface area (Å²) in [5.74, 6) is 0. The van der Waals surface area contributed by atoms with Crippen LogP contribution in [0, 0.1) is 11.3 Å². The molecular weight excluding hydrogens is 181 g/mol. The number of halogens is 1. The van der Waals surface area contributed by atoms with E-state index < -0.39 is 6.17 Å². The zero-order valence-corrected chi connectivity index (χ0v) is 7.86. The van der Waals surface area contributed by atoms with E-state index in [9.17, 15) is 4.39 Å². The van der Waals surface area contributed by atoms with Gasteiger partial charge in [0.2, 0.25) is 0 Å². The van der Waals surface area contributed by atoms with Gasteiger partial charge in [-0.05, 0) is 25.7 Å². The molecule has 0 aromatic carbocycles. The van der Waals surface area contributed by atoms with Crippen molar-refractivity contribution in [2.24, 2.45) is 0 Å². The quantitative estimate of drug-likeness (QED) is 0.686. The van der Waals surface area contributed by atoms with Gasteiger partial charge in [-0.2, -0.15) is 10.4 Å². The Labute approximate surface area is 82.1 Å². The van der Waals surface area contributed by atoms with Gasteiger partial charge in [0.15, 0.2) is 0 Å². The van der Waals surface area contributed by atoms with Crippen molar-refractivity contribution in [2.75, 3.05) is 0 Å². The summed E-state index contributed by atoms with van der Waals surface area (Å²) >= 11 is 0. The van der Waals surface area contributed by atoms with Crippen molar-refractivity contribution >= 4 is 0 Å². The van der Waals surface area contributed by atoms with Crippen LogP contribution in [-0.2, 0) is 0 Å². The monoisotopic (exact) mass is 193 g/mol. The molecule has 74 valence electrons. The maximum Gasteiger partial charge on any atom is 0.102 e. The predicted molar refractivity (Wildman–Crippen MR) is 49.3 cm³/mol. The number of rotatable bonds is 1. The fourth-order valence-electron chi connectivity index (χ4n) is 1.90. The topological polar surface area (TPSA) is 41.6 Å². The third-order valence-corrected chi connectivity index (χ3v) is 2.73. The van der Waals surface area contributed by atoms with Crippen LogP contribution in [0.2, 0.25) is 0 Å².